The van der Waals surface area contributed by atoms with Crippen molar-refractivity contribution < 1.29 is 0 Å². The fraction of sp³-hybridized carbons (Fsp3) is 0.348. The van der Waals surface area contributed by atoms with Crippen LogP contribution in [0.5, 0.6) is 0 Å². The highest BCUT2D eigenvalue weighted by molar-refractivity contribution is 7.99. The van der Waals surface area contributed by atoms with Gasteiger partial charge in [0.25, 0.3) is 0 Å². The van der Waals surface area contributed by atoms with Crippen molar-refractivity contribution in [1.82, 2.24) is 15.0 Å². The molecule has 0 radical (unpaired) electrons. The smallest absolute Gasteiger partial charge is 0.158 e. The molecule has 1 spiro atoms. The molecule has 31 heavy (non-hydrogen) atoms. The second kappa shape index (κ2) is 7.88. The van der Waals surface area contributed by atoms with Crippen LogP contribution in [-0.4, -0.2) is 28.0 Å². The number of anilines is 3. The van der Waals surface area contributed by atoms with E-state index in [1.165, 1.54) is 35.7 Å². The average molecular weight is 453 g/mol. The number of halogens is 1. The van der Waals surface area contributed by atoms with Crippen LogP contribution in [0.2, 0.25) is 5.02 Å². The van der Waals surface area contributed by atoms with Gasteiger partial charge in [0.1, 0.15) is 10.8 Å². The zero-order valence-corrected chi connectivity index (χ0v) is 19.0. The summed E-state index contributed by atoms with van der Waals surface area (Å²) in [5.74, 6) is 1.58. The molecule has 8 heteroatoms. The summed E-state index contributed by atoms with van der Waals surface area (Å²) in [5.41, 5.74) is 16.4. The first-order chi connectivity index (χ1) is 14.9. The predicted molar refractivity (Wildman–Crippen MR) is 127 cm³/mol. The van der Waals surface area contributed by atoms with Gasteiger partial charge in [0.2, 0.25) is 0 Å². The van der Waals surface area contributed by atoms with Gasteiger partial charge in [-0.1, -0.05) is 47.6 Å². The summed E-state index contributed by atoms with van der Waals surface area (Å²) in [7, 11) is 0. The maximum atomic E-state index is 6.29. The highest BCUT2D eigenvalue weighted by Crippen LogP contribution is 2.45. The van der Waals surface area contributed by atoms with Gasteiger partial charge < -0.3 is 16.4 Å². The van der Waals surface area contributed by atoms with Crippen molar-refractivity contribution in [3.8, 4) is 0 Å². The molecule has 0 unspecified atom stereocenters. The van der Waals surface area contributed by atoms with E-state index in [2.05, 4.69) is 34.1 Å². The second-order valence-corrected chi connectivity index (χ2v) is 9.95. The van der Waals surface area contributed by atoms with Crippen molar-refractivity contribution >= 4 is 40.8 Å². The Bertz CT molecular complexity index is 1120. The Hall–Kier alpha value is -2.51. The van der Waals surface area contributed by atoms with E-state index >= 15 is 0 Å². The minimum Gasteiger partial charge on any atom is -0.382 e. The summed E-state index contributed by atoms with van der Waals surface area (Å²) < 4.78 is 0. The van der Waals surface area contributed by atoms with E-state index in [0.717, 1.165) is 42.3 Å². The molecular formula is C23H25ClN6S. The molecule has 1 aliphatic heterocycles. The lowest BCUT2D eigenvalue weighted by Gasteiger charge is -2.40. The summed E-state index contributed by atoms with van der Waals surface area (Å²) in [6, 6.07) is 10.7. The maximum absolute atomic E-state index is 6.29. The van der Waals surface area contributed by atoms with Crippen LogP contribution in [0, 0.1) is 12.3 Å². The summed E-state index contributed by atoms with van der Waals surface area (Å²) in [6.45, 7) is 3.94. The number of aryl methyl sites for hydroxylation is 1. The van der Waals surface area contributed by atoms with Gasteiger partial charge in [0.05, 0.1) is 10.7 Å². The minimum atomic E-state index is 0.294. The number of piperidine rings is 1. The monoisotopic (exact) mass is 452 g/mol. The number of nitrogens with zero attached hydrogens (tertiary/aromatic N) is 4. The van der Waals surface area contributed by atoms with Crippen LogP contribution in [-0.2, 0) is 12.8 Å². The number of nitrogen functional groups attached to an aromatic ring is 2. The van der Waals surface area contributed by atoms with E-state index in [-0.39, 0.29) is 0 Å². The first kappa shape index (κ1) is 20.4. The lowest BCUT2D eigenvalue weighted by atomic mass is 9.76. The average Bonchev–Trinajstić information content (AvgIpc) is 3.12. The number of nitrogens with two attached hydrogens (primary N) is 2. The van der Waals surface area contributed by atoms with Crippen LogP contribution in [0.15, 0.2) is 46.5 Å². The fourth-order valence-electron chi connectivity index (χ4n) is 4.82. The van der Waals surface area contributed by atoms with Crippen LogP contribution in [0.4, 0.5) is 17.5 Å². The number of aromatic nitrogens is 3. The molecular weight excluding hydrogens is 428 g/mol. The summed E-state index contributed by atoms with van der Waals surface area (Å²) in [4.78, 5) is 16.6. The Morgan fingerprint density at radius 2 is 1.68 bits per heavy atom. The minimum absolute atomic E-state index is 0.294. The Labute approximate surface area is 191 Å². The van der Waals surface area contributed by atoms with Crippen LogP contribution in [0.1, 0.15) is 29.7 Å². The molecule has 0 bridgehead atoms. The van der Waals surface area contributed by atoms with Crippen molar-refractivity contribution in [1.29, 1.82) is 0 Å². The molecule has 0 amide bonds. The van der Waals surface area contributed by atoms with Crippen molar-refractivity contribution in [3.05, 3.63) is 58.4 Å². The quantitative estimate of drug-likeness (QED) is 0.602. The molecule has 6 nitrogen and oxygen atoms in total. The largest absolute Gasteiger partial charge is 0.382 e. The van der Waals surface area contributed by atoms with Gasteiger partial charge in [-0.3, -0.25) is 0 Å². The molecule has 4 N–H and O–H groups in total. The third kappa shape index (κ3) is 3.81. The molecule has 5 rings (SSSR count). The van der Waals surface area contributed by atoms with Gasteiger partial charge in [-0.2, -0.15) is 0 Å². The molecule has 160 valence electrons. The van der Waals surface area contributed by atoms with Gasteiger partial charge in [0.15, 0.2) is 11.6 Å². The molecule has 1 fully saturated rings. The summed E-state index contributed by atoms with van der Waals surface area (Å²) >= 11 is 7.64. The van der Waals surface area contributed by atoms with E-state index in [9.17, 15) is 0 Å². The molecule has 0 saturated carbocycles. The van der Waals surface area contributed by atoms with Crippen LogP contribution >= 0.6 is 23.4 Å². The van der Waals surface area contributed by atoms with E-state index in [4.69, 9.17) is 33.0 Å². The zero-order chi connectivity index (χ0) is 21.6. The Balaban J connectivity index is 1.32. The third-order valence-electron chi connectivity index (χ3n) is 6.50. The van der Waals surface area contributed by atoms with Gasteiger partial charge in [-0.25, -0.2) is 15.0 Å². The Kier molecular flexibility index (Phi) is 5.18. The van der Waals surface area contributed by atoms with Crippen molar-refractivity contribution in [2.24, 2.45) is 5.41 Å². The van der Waals surface area contributed by atoms with Crippen LogP contribution in [0.25, 0.3) is 0 Å². The molecule has 2 aliphatic rings. The van der Waals surface area contributed by atoms with Crippen molar-refractivity contribution in [2.75, 3.05) is 29.5 Å². The van der Waals surface area contributed by atoms with Gasteiger partial charge in [-0.05, 0) is 55.2 Å². The second-order valence-electron chi connectivity index (χ2n) is 8.54. The summed E-state index contributed by atoms with van der Waals surface area (Å²) in [5, 5.41) is 1.04. The molecule has 2 aromatic heterocycles. The number of fused-ring (bicyclic) bond motifs is 1. The van der Waals surface area contributed by atoms with E-state index in [1.807, 2.05) is 6.92 Å². The topological polar surface area (TPSA) is 93.9 Å². The van der Waals surface area contributed by atoms with E-state index < -0.39 is 0 Å². The molecule has 0 atom stereocenters. The predicted octanol–water partition coefficient (Wildman–Crippen LogP) is 4.53. The van der Waals surface area contributed by atoms with Gasteiger partial charge >= 0.3 is 0 Å². The normalized spacial score (nSPS) is 17.2. The van der Waals surface area contributed by atoms with Crippen molar-refractivity contribution in [3.63, 3.8) is 0 Å². The highest BCUT2D eigenvalue weighted by atomic mass is 35.5. The lowest BCUT2D eigenvalue weighted by molar-refractivity contribution is 0.232. The van der Waals surface area contributed by atoms with E-state index in [1.54, 1.807) is 12.3 Å². The molecule has 3 aromatic rings. The summed E-state index contributed by atoms with van der Waals surface area (Å²) in [6.07, 6.45) is 6.32. The van der Waals surface area contributed by atoms with E-state index in [0.29, 0.717) is 27.1 Å². The fourth-order valence-corrected chi connectivity index (χ4v) is 5.91. The van der Waals surface area contributed by atoms with Gasteiger partial charge in [-0.15, -0.1) is 0 Å². The van der Waals surface area contributed by atoms with Gasteiger partial charge in [0, 0.05) is 24.2 Å². The maximum Gasteiger partial charge on any atom is 0.158 e. The SMILES string of the molecule is Cc1nc(Sc2ccnc(N)c2Cl)c(N)nc1N1CCC2(CC1)Cc1ccccc1C2. The molecule has 3 heterocycles. The van der Waals surface area contributed by atoms with Crippen LogP contribution < -0.4 is 16.4 Å². The third-order valence-corrected chi connectivity index (χ3v) is 8.06. The Morgan fingerprint density at radius 3 is 2.35 bits per heavy atom. The first-order valence-corrected chi connectivity index (χ1v) is 11.7. The number of pyridine rings is 1. The number of benzene rings is 1. The first-order valence-electron chi connectivity index (χ1n) is 10.5. The standard InChI is InChI=1S/C23H25ClN6S/c1-14-21(29-20(26)22(28-14)31-17-6-9-27-19(25)18(17)24)30-10-7-23(8-11-30)12-15-4-2-3-5-16(15)13-23/h2-6,9H,7-8,10-13H2,1H3,(H2,25,27)(H2,26,29). The Morgan fingerprint density at radius 1 is 1.00 bits per heavy atom. The lowest BCUT2D eigenvalue weighted by Crippen LogP contribution is -2.41. The highest BCUT2D eigenvalue weighted by Gasteiger charge is 2.40. The number of hydrogen-bond donors (Lipinski definition) is 2. The molecule has 1 aliphatic carbocycles. The number of rotatable bonds is 3. The number of hydrogen-bond acceptors (Lipinski definition) is 7. The van der Waals surface area contributed by atoms with Crippen molar-refractivity contribution in [2.45, 2.75) is 42.5 Å². The molecule has 1 aromatic carbocycles. The zero-order valence-electron chi connectivity index (χ0n) is 17.4. The van der Waals surface area contributed by atoms with Crippen LogP contribution in [0.3, 0.4) is 0 Å². The molecule has 1 saturated heterocycles.